The molecular weight excluding hydrogens is 306 g/mol. The summed E-state index contributed by atoms with van der Waals surface area (Å²) in [6, 6.07) is 3.72. The lowest BCUT2D eigenvalue weighted by Crippen LogP contribution is -2.29. The highest BCUT2D eigenvalue weighted by Crippen LogP contribution is 2.25. The van der Waals surface area contributed by atoms with Gasteiger partial charge in [-0.2, -0.15) is 0 Å². The van der Waals surface area contributed by atoms with Gasteiger partial charge in [-0.05, 0) is 28.1 Å². The highest BCUT2D eigenvalue weighted by atomic mass is 79.9. The molecule has 0 aromatic carbocycles. The van der Waals surface area contributed by atoms with Crippen LogP contribution in [0.5, 0.6) is 0 Å². The predicted octanol–water partition coefficient (Wildman–Crippen LogP) is 2.00. The lowest BCUT2D eigenvalue weighted by molar-refractivity contribution is -0.00461. The summed E-state index contributed by atoms with van der Waals surface area (Å²) in [5.74, 6) is 0.0438. The van der Waals surface area contributed by atoms with Crippen LogP contribution in [0.15, 0.2) is 15.9 Å². The highest BCUT2D eigenvalue weighted by molar-refractivity contribution is 9.11. The fourth-order valence-electron chi connectivity index (χ4n) is 1.95. The molecule has 1 aromatic heterocycles. The molecule has 2 atom stereocenters. The van der Waals surface area contributed by atoms with E-state index in [1.807, 2.05) is 12.1 Å². The minimum absolute atomic E-state index is 0.0349. The zero-order chi connectivity index (χ0) is 12.4. The summed E-state index contributed by atoms with van der Waals surface area (Å²) in [6.07, 6.45) is -0.0697. The number of carbonyl (C=O) groups excluding carboxylic acids is 1. The second-order valence-corrected chi connectivity index (χ2v) is 6.33. The van der Waals surface area contributed by atoms with Gasteiger partial charge in [-0.15, -0.1) is 11.3 Å². The Labute approximate surface area is 113 Å². The van der Waals surface area contributed by atoms with Crippen molar-refractivity contribution in [3.63, 3.8) is 0 Å². The molecule has 2 unspecified atom stereocenters. The van der Waals surface area contributed by atoms with Crippen LogP contribution in [0.25, 0.3) is 0 Å². The van der Waals surface area contributed by atoms with Gasteiger partial charge in [0.25, 0.3) is 5.91 Å². The summed E-state index contributed by atoms with van der Waals surface area (Å²) in [7, 11) is 3.29. The molecule has 0 aliphatic carbocycles. The van der Waals surface area contributed by atoms with Crippen molar-refractivity contribution in [2.75, 3.05) is 27.3 Å². The van der Waals surface area contributed by atoms with E-state index in [9.17, 15) is 4.79 Å². The number of rotatable bonds is 3. The summed E-state index contributed by atoms with van der Waals surface area (Å²) in [6.45, 7) is 1.17. The number of methoxy groups -OCH3 is 2. The van der Waals surface area contributed by atoms with E-state index in [1.54, 1.807) is 19.1 Å². The Morgan fingerprint density at radius 2 is 1.94 bits per heavy atom. The average molecular weight is 320 g/mol. The minimum Gasteiger partial charge on any atom is -0.377 e. The van der Waals surface area contributed by atoms with Crippen LogP contribution in [-0.4, -0.2) is 50.3 Å². The lowest BCUT2D eigenvalue weighted by atomic mass is 10.3. The van der Waals surface area contributed by atoms with Crippen LogP contribution in [0.4, 0.5) is 0 Å². The van der Waals surface area contributed by atoms with E-state index in [4.69, 9.17) is 9.47 Å². The Bertz CT molecular complexity index is 397. The van der Waals surface area contributed by atoms with Gasteiger partial charge in [0.2, 0.25) is 0 Å². The van der Waals surface area contributed by atoms with E-state index in [0.29, 0.717) is 13.1 Å². The summed E-state index contributed by atoms with van der Waals surface area (Å²) in [4.78, 5) is 14.7. The molecule has 1 aliphatic rings. The first-order chi connectivity index (χ1) is 8.15. The van der Waals surface area contributed by atoms with Gasteiger partial charge in [-0.25, -0.2) is 0 Å². The van der Waals surface area contributed by atoms with Crippen molar-refractivity contribution in [2.24, 2.45) is 0 Å². The van der Waals surface area contributed by atoms with Crippen LogP contribution in [0.1, 0.15) is 9.67 Å². The molecular formula is C11H14BrNO3S. The molecule has 4 nitrogen and oxygen atoms in total. The molecule has 94 valence electrons. The second-order valence-electron chi connectivity index (χ2n) is 3.86. The Balaban J connectivity index is 2.07. The number of hydrogen-bond donors (Lipinski definition) is 0. The van der Waals surface area contributed by atoms with Gasteiger partial charge < -0.3 is 14.4 Å². The molecule has 0 N–H and O–H groups in total. The van der Waals surface area contributed by atoms with Gasteiger partial charge in [0, 0.05) is 27.3 Å². The Hall–Kier alpha value is -0.430. The van der Waals surface area contributed by atoms with Gasteiger partial charge >= 0.3 is 0 Å². The van der Waals surface area contributed by atoms with Crippen LogP contribution < -0.4 is 0 Å². The standard InChI is InChI=1S/C11H14BrNO3S/c1-15-7-5-13(6-8(7)16-2)11(14)9-3-4-10(12)17-9/h3-4,7-8H,5-6H2,1-2H3. The third kappa shape index (κ3) is 2.70. The number of thiophene rings is 1. The Morgan fingerprint density at radius 3 is 2.35 bits per heavy atom. The smallest absolute Gasteiger partial charge is 0.264 e. The Kier molecular flexibility index (Phi) is 4.19. The molecule has 1 saturated heterocycles. The molecule has 0 bridgehead atoms. The van der Waals surface area contributed by atoms with E-state index < -0.39 is 0 Å². The van der Waals surface area contributed by atoms with E-state index in [0.717, 1.165) is 8.66 Å². The van der Waals surface area contributed by atoms with E-state index in [1.165, 1.54) is 11.3 Å². The third-order valence-corrected chi connectivity index (χ3v) is 4.50. The SMILES string of the molecule is COC1CN(C(=O)c2ccc(Br)s2)CC1OC. The Morgan fingerprint density at radius 1 is 1.35 bits per heavy atom. The van der Waals surface area contributed by atoms with Crippen LogP contribution in [-0.2, 0) is 9.47 Å². The summed E-state index contributed by atoms with van der Waals surface area (Å²) < 4.78 is 11.6. The van der Waals surface area contributed by atoms with E-state index in [-0.39, 0.29) is 18.1 Å². The van der Waals surface area contributed by atoms with Gasteiger partial charge in [0.05, 0.1) is 8.66 Å². The molecule has 1 fully saturated rings. The monoisotopic (exact) mass is 319 g/mol. The van der Waals surface area contributed by atoms with Crippen molar-refractivity contribution in [3.05, 3.63) is 20.8 Å². The number of halogens is 1. The maximum atomic E-state index is 12.2. The number of ether oxygens (including phenoxy) is 2. The first kappa shape index (κ1) is 13.0. The van der Waals surface area contributed by atoms with Crippen LogP contribution in [0.2, 0.25) is 0 Å². The zero-order valence-electron chi connectivity index (χ0n) is 9.68. The topological polar surface area (TPSA) is 38.8 Å². The molecule has 0 spiro atoms. The number of nitrogens with zero attached hydrogens (tertiary/aromatic N) is 1. The number of hydrogen-bond acceptors (Lipinski definition) is 4. The van der Waals surface area contributed by atoms with E-state index >= 15 is 0 Å². The summed E-state index contributed by atoms with van der Waals surface area (Å²) >= 11 is 4.80. The van der Waals surface area contributed by atoms with Crippen LogP contribution >= 0.6 is 27.3 Å². The molecule has 17 heavy (non-hydrogen) atoms. The molecule has 0 radical (unpaired) electrons. The van der Waals surface area contributed by atoms with Crippen molar-refractivity contribution in [1.29, 1.82) is 0 Å². The van der Waals surface area contributed by atoms with Crippen molar-refractivity contribution < 1.29 is 14.3 Å². The molecule has 1 aromatic rings. The maximum Gasteiger partial charge on any atom is 0.264 e. The van der Waals surface area contributed by atoms with Crippen LogP contribution in [0, 0.1) is 0 Å². The normalized spacial score (nSPS) is 24.3. The quantitative estimate of drug-likeness (QED) is 0.855. The van der Waals surface area contributed by atoms with Crippen molar-refractivity contribution in [2.45, 2.75) is 12.2 Å². The van der Waals surface area contributed by atoms with E-state index in [2.05, 4.69) is 15.9 Å². The molecule has 1 amide bonds. The van der Waals surface area contributed by atoms with Gasteiger partial charge in [0.1, 0.15) is 12.2 Å². The minimum atomic E-state index is -0.0349. The third-order valence-electron chi connectivity index (χ3n) is 2.89. The number of likely N-dealkylation sites (tertiary alicyclic amines) is 1. The average Bonchev–Trinajstić information content (AvgIpc) is 2.93. The molecule has 1 aliphatic heterocycles. The van der Waals surface area contributed by atoms with Crippen molar-refractivity contribution >= 4 is 33.2 Å². The summed E-state index contributed by atoms with van der Waals surface area (Å²) in [5.41, 5.74) is 0. The first-order valence-corrected chi connectivity index (χ1v) is 6.87. The van der Waals surface area contributed by atoms with Gasteiger partial charge in [-0.3, -0.25) is 4.79 Å². The number of carbonyl (C=O) groups is 1. The highest BCUT2D eigenvalue weighted by Gasteiger charge is 2.36. The first-order valence-electron chi connectivity index (χ1n) is 5.26. The zero-order valence-corrected chi connectivity index (χ0v) is 12.1. The largest absolute Gasteiger partial charge is 0.377 e. The molecule has 2 rings (SSSR count). The lowest BCUT2D eigenvalue weighted by Gasteiger charge is -2.14. The molecule has 6 heteroatoms. The van der Waals surface area contributed by atoms with Gasteiger partial charge in [0.15, 0.2) is 0 Å². The predicted molar refractivity (Wildman–Crippen MR) is 69.5 cm³/mol. The van der Waals surface area contributed by atoms with Crippen LogP contribution in [0.3, 0.4) is 0 Å². The summed E-state index contributed by atoms with van der Waals surface area (Å²) in [5, 5.41) is 0. The second kappa shape index (κ2) is 5.48. The maximum absolute atomic E-state index is 12.2. The molecule has 0 saturated carbocycles. The van der Waals surface area contributed by atoms with Crippen molar-refractivity contribution in [1.82, 2.24) is 4.90 Å². The molecule has 2 heterocycles. The van der Waals surface area contributed by atoms with Gasteiger partial charge in [-0.1, -0.05) is 0 Å². The fraction of sp³-hybridized carbons (Fsp3) is 0.545. The fourth-order valence-corrected chi connectivity index (χ4v) is 3.30. The van der Waals surface area contributed by atoms with Crippen molar-refractivity contribution in [3.8, 4) is 0 Å². The number of amides is 1.